The summed E-state index contributed by atoms with van der Waals surface area (Å²) < 4.78 is 0. The summed E-state index contributed by atoms with van der Waals surface area (Å²) in [6.07, 6.45) is 3.63. The Bertz CT molecular complexity index is 465. The van der Waals surface area contributed by atoms with E-state index in [2.05, 4.69) is 15.6 Å². The number of hydrogen-bond donors (Lipinski definition) is 3. The van der Waals surface area contributed by atoms with Gasteiger partial charge in [0.1, 0.15) is 10.7 Å². The molecule has 1 aliphatic carbocycles. The molecule has 0 aromatic carbocycles. The molecule has 2 heterocycles. The van der Waals surface area contributed by atoms with Gasteiger partial charge in [-0.25, -0.2) is 4.98 Å². The number of amides is 1. The Morgan fingerprint density at radius 2 is 2.16 bits per heavy atom. The average Bonchev–Trinajstić information content (AvgIpc) is 2.75. The Morgan fingerprint density at radius 3 is 2.79 bits per heavy atom. The maximum absolute atomic E-state index is 12.4. The highest BCUT2D eigenvalue weighted by Gasteiger charge is 2.25. The van der Waals surface area contributed by atoms with Gasteiger partial charge in [0, 0.05) is 32.2 Å². The van der Waals surface area contributed by atoms with Crippen molar-refractivity contribution in [2.24, 2.45) is 0 Å². The third-order valence-corrected chi connectivity index (χ3v) is 4.67. The zero-order valence-corrected chi connectivity index (χ0v) is 11.6. The van der Waals surface area contributed by atoms with Gasteiger partial charge in [-0.15, -0.1) is 0 Å². The quantitative estimate of drug-likeness (QED) is 0.761. The fourth-order valence-electron chi connectivity index (χ4n) is 2.29. The van der Waals surface area contributed by atoms with E-state index < -0.39 is 0 Å². The molecule has 6 nitrogen and oxygen atoms in total. The molecule has 1 saturated heterocycles. The lowest BCUT2D eigenvalue weighted by molar-refractivity contribution is 0.0741. The van der Waals surface area contributed by atoms with Crippen LogP contribution in [0.1, 0.15) is 28.9 Å². The minimum atomic E-state index is 0.0122. The van der Waals surface area contributed by atoms with Crippen LogP contribution in [0.5, 0.6) is 0 Å². The van der Waals surface area contributed by atoms with Crippen molar-refractivity contribution in [1.82, 2.24) is 15.2 Å². The maximum atomic E-state index is 12.4. The van der Waals surface area contributed by atoms with Crippen LogP contribution >= 0.6 is 11.3 Å². The van der Waals surface area contributed by atoms with Gasteiger partial charge in [0.25, 0.3) is 5.91 Å². The Morgan fingerprint density at radius 1 is 1.42 bits per heavy atom. The first kappa shape index (κ1) is 12.7. The summed E-state index contributed by atoms with van der Waals surface area (Å²) in [5, 5.41) is 7.35. The third-order valence-electron chi connectivity index (χ3n) is 3.68. The number of nitrogens with one attached hydrogen (secondary N) is 2. The van der Waals surface area contributed by atoms with Crippen LogP contribution in [0, 0.1) is 0 Å². The van der Waals surface area contributed by atoms with Crippen molar-refractivity contribution in [3.8, 4) is 0 Å². The van der Waals surface area contributed by atoms with E-state index in [0.29, 0.717) is 16.7 Å². The molecule has 7 heteroatoms. The molecule has 0 radical (unpaired) electrons. The van der Waals surface area contributed by atoms with Crippen molar-refractivity contribution < 1.29 is 4.79 Å². The number of anilines is 2. The summed E-state index contributed by atoms with van der Waals surface area (Å²) in [5.74, 6) is 0.369. The SMILES string of the molecule is Nc1nc(NC2CCC2)sc1C(=O)N1CCNCC1. The fourth-order valence-corrected chi connectivity index (χ4v) is 3.22. The zero-order chi connectivity index (χ0) is 13.2. The molecule has 0 unspecified atom stereocenters. The molecule has 0 bridgehead atoms. The topological polar surface area (TPSA) is 83.3 Å². The summed E-state index contributed by atoms with van der Waals surface area (Å²) in [6, 6.07) is 0.507. The molecule has 1 aromatic rings. The van der Waals surface area contributed by atoms with Gasteiger partial charge in [-0.1, -0.05) is 11.3 Å². The van der Waals surface area contributed by atoms with E-state index in [-0.39, 0.29) is 5.91 Å². The maximum Gasteiger partial charge on any atom is 0.267 e. The number of hydrogen-bond acceptors (Lipinski definition) is 6. The number of piperazine rings is 1. The largest absolute Gasteiger partial charge is 0.382 e. The summed E-state index contributed by atoms with van der Waals surface area (Å²) in [5.41, 5.74) is 5.88. The molecule has 2 aliphatic rings. The number of nitrogens with two attached hydrogens (primary N) is 1. The van der Waals surface area contributed by atoms with E-state index in [0.717, 1.165) is 31.3 Å². The van der Waals surface area contributed by atoms with Crippen molar-refractivity contribution in [1.29, 1.82) is 0 Å². The molecule has 1 aliphatic heterocycles. The highest BCUT2D eigenvalue weighted by Crippen LogP contribution is 2.30. The average molecular weight is 281 g/mol. The second-order valence-electron chi connectivity index (χ2n) is 5.05. The van der Waals surface area contributed by atoms with Gasteiger partial charge in [-0.2, -0.15) is 0 Å². The second kappa shape index (κ2) is 5.34. The molecule has 1 amide bonds. The monoisotopic (exact) mass is 281 g/mol. The number of carbonyl (C=O) groups is 1. The molecular formula is C12H19N5OS. The predicted octanol–water partition coefficient (Wildman–Crippen LogP) is 0.735. The second-order valence-corrected chi connectivity index (χ2v) is 6.05. The smallest absolute Gasteiger partial charge is 0.267 e. The van der Waals surface area contributed by atoms with E-state index in [1.54, 1.807) is 0 Å². The number of nitrogen functional groups attached to an aromatic ring is 1. The zero-order valence-electron chi connectivity index (χ0n) is 10.8. The first-order chi connectivity index (χ1) is 9.24. The van der Waals surface area contributed by atoms with Gasteiger partial charge in [0.05, 0.1) is 0 Å². The molecule has 1 aromatic heterocycles. The van der Waals surface area contributed by atoms with Crippen molar-refractivity contribution in [3.05, 3.63) is 4.88 Å². The van der Waals surface area contributed by atoms with E-state index in [4.69, 9.17) is 5.73 Å². The molecule has 0 atom stereocenters. The number of aromatic nitrogens is 1. The normalized spacial score (nSPS) is 20.1. The lowest BCUT2D eigenvalue weighted by Gasteiger charge is -2.27. The number of thiazole rings is 1. The Labute approximate surface area is 116 Å². The summed E-state index contributed by atoms with van der Waals surface area (Å²) in [4.78, 5) is 19.0. The number of rotatable bonds is 3. The van der Waals surface area contributed by atoms with Crippen molar-refractivity contribution in [3.63, 3.8) is 0 Å². The van der Waals surface area contributed by atoms with Crippen molar-refractivity contribution in [2.45, 2.75) is 25.3 Å². The summed E-state index contributed by atoms with van der Waals surface area (Å²) in [7, 11) is 0. The Hall–Kier alpha value is -1.34. The Balaban J connectivity index is 1.70. The molecule has 0 spiro atoms. The standard InChI is InChI=1S/C12H19N5OS/c13-10-9(11(18)17-6-4-14-5-7-17)19-12(16-10)15-8-2-1-3-8/h8,14H,1-7,13H2,(H,15,16). The number of carbonyl (C=O) groups excluding carboxylic acids is 1. The molecular weight excluding hydrogens is 262 g/mol. The van der Waals surface area contributed by atoms with Crippen LogP contribution in [0.2, 0.25) is 0 Å². The molecule has 19 heavy (non-hydrogen) atoms. The van der Waals surface area contributed by atoms with Crippen LogP contribution in [0.15, 0.2) is 0 Å². The lowest BCUT2D eigenvalue weighted by Crippen LogP contribution is -2.46. The van der Waals surface area contributed by atoms with Crippen LogP contribution in [0.4, 0.5) is 10.9 Å². The van der Waals surface area contributed by atoms with Crippen LogP contribution in [-0.4, -0.2) is 48.0 Å². The highest BCUT2D eigenvalue weighted by atomic mass is 32.1. The van der Waals surface area contributed by atoms with Crippen LogP contribution in [-0.2, 0) is 0 Å². The van der Waals surface area contributed by atoms with Gasteiger partial charge >= 0.3 is 0 Å². The van der Waals surface area contributed by atoms with Crippen LogP contribution < -0.4 is 16.4 Å². The highest BCUT2D eigenvalue weighted by molar-refractivity contribution is 7.18. The number of nitrogens with zero attached hydrogens (tertiary/aromatic N) is 2. The van der Waals surface area contributed by atoms with Gasteiger partial charge in [0.2, 0.25) is 0 Å². The first-order valence-corrected chi connectivity index (χ1v) is 7.58. The van der Waals surface area contributed by atoms with Crippen LogP contribution in [0.25, 0.3) is 0 Å². The minimum absolute atomic E-state index is 0.0122. The van der Waals surface area contributed by atoms with Gasteiger partial charge in [-0.05, 0) is 19.3 Å². The van der Waals surface area contributed by atoms with Crippen LogP contribution in [0.3, 0.4) is 0 Å². The van der Waals surface area contributed by atoms with Crippen molar-refractivity contribution in [2.75, 3.05) is 37.2 Å². The predicted molar refractivity (Wildman–Crippen MR) is 76.6 cm³/mol. The minimum Gasteiger partial charge on any atom is -0.382 e. The summed E-state index contributed by atoms with van der Waals surface area (Å²) >= 11 is 1.38. The molecule has 4 N–H and O–H groups in total. The molecule has 104 valence electrons. The van der Waals surface area contributed by atoms with E-state index >= 15 is 0 Å². The lowest BCUT2D eigenvalue weighted by atomic mass is 9.93. The Kier molecular flexibility index (Phi) is 3.56. The van der Waals surface area contributed by atoms with Gasteiger partial charge in [-0.3, -0.25) is 4.79 Å². The third kappa shape index (κ3) is 2.66. The molecule has 2 fully saturated rings. The molecule has 3 rings (SSSR count). The first-order valence-electron chi connectivity index (χ1n) is 6.77. The van der Waals surface area contributed by atoms with Gasteiger partial charge in [0.15, 0.2) is 5.13 Å². The van der Waals surface area contributed by atoms with E-state index in [9.17, 15) is 4.79 Å². The van der Waals surface area contributed by atoms with Gasteiger partial charge < -0.3 is 21.3 Å². The molecule has 1 saturated carbocycles. The van der Waals surface area contributed by atoms with Crippen molar-refractivity contribution >= 4 is 28.2 Å². The fraction of sp³-hybridized carbons (Fsp3) is 0.667. The van der Waals surface area contributed by atoms with E-state index in [1.807, 2.05) is 4.90 Å². The summed E-state index contributed by atoms with van der Waals surface area (Å²) in [6.45, 7) is 3.17. The van der Waals surface area contributed by atoms with E-state index in [1.165, 1.54) is 30.6 Å².